The third kappa shape index (κ3) is 4.63. The van der Waals surface area contributed by atoms with Crippen LogP contribution in [0.25, 0.3) is 6.08 Å². The number of fused-ring (bicyclic) bond motifs is 2. The lowest BCUT2D eigenvalue weighted by atomic mass is 9.74. The predicted octanol–water partition coefficient (Wildman–Crippen LogP) is 6.40. The molecule has 174 valence electrons. The Balaban J connectivity index is 1.34. The fraction of sp³-hybridized carbons (Fsp3) is 0.286. The lowest BCUT2D eigenvalue weighted by molar-refractivity contribution is 0.0977. The van der Waals surface area contributed by atoms with Crippen molar-refractivity contribution in [3.05, 3.63) is 99.3 Å². The normalized spacial score (nSPS) is 17.4. The number of hydrogen-bond donors (Lipinski definition) is 0. The van der Waals surface area contributed by atoms with Crippen molar-refractivity contribution in [2.24, 2.45) is 0 Å². The lowest BCUT2D eigenvalue weighted by Crippen LogP contribution is -2.46. The molecule has 0 radical (unpaired) electrons. The van der Waals surface area contributed by atoms with Crippen LogP contribution in [0.1, 0.15) is 40.0 Å². The van der Waals surface area contributed by atoms with Crippen LogP contribution in [0.5, 0.6) is 0 Å². The SMILES string of the molecule is Cc1cc(C(=O)N2CC3(CCN(CC=Cc4ccccc4)CC3)c3cc(Cl)ccc32)cc(Cl)n1. The first kappa shape index (κ1) is 23.1. The molecule has 4 nitrogen and oxygen atoms in total. The Morgan fingerprint density at radius 1 is 1.06 bits per heavy atom. The summed E-state index contributed by atoms with van der Waals surface area (Å²) in [5, 5.41) is 1.05. The molecular weight excluding hydrogens is 465 g/mol. The summed E-state index contributed by atoms with van der Waals surface area (Å²) in [4.78, 5) is 22.1. The third-order valence-electron chi connectivity index (χ3n) is 6.98. The number of pyridine rings is 1. The molecule has 0 atom stereocenters. The summed E-state index contributed by atoms with van der Waals surface area (Å²) in [6.07, 6.45) is 6.38. The Kier molecular flexibility index (Phi) is 6.48. The van der Waals surface area contributed by atoms with Gasteiger partial charge in [-0.25, -0.2) is 4.98 Å². The van der Waals surface area contributed by atoms with Crippen molar-refractivity contribution in [1.82, 2.24) is 9.88 Å². The molecular formula is C28H27Cl2N3O. The smallest absolute Gasteiger partial charge is 0.258 e. The molecule has 2 aliphatic heterocycles. The van der Waals surface area contributed by atoms with Crippen LogP contribution in [0, 0.1) is 6.92 Å². The van der Waals surface area contributed by atoms with Gasteiger partial charge >= 0.3 is 0 Å². The summed E-state index contributed by atoms with van der Waals surface area (Å²) in [5.74, 6) is -0.0407. The van der Waals surface area contributed by atoms with E-state index in [1.165, 1.54) is 11.1 Å². The number of benzene rings is 2. The Morgan fingerprint density at radius 3 is 2.56 bits per heavy atom. The molecule has 1 aromatic heterocycles. The number of piperidine rings is 1. The molecule has 0 bridgehead atoms. The van der Waals surface area contributed by atoms with E-state index in [9.17, 15) is 4.79 Å². The molecule has 6 heteroatoms. The number of aromatic nitrogens is 1. The van der Waals surface area contributed by atoms with Crippen molar-refractivity contribution < 1.29 is 4.79 Å². The van der Waals surface area contributed by atoms with Crippen LogP contribution >= 0.6 is 23.2 Å². The Hall–Kier alpha value is -2.66. The monoisotopic (exact) mass is 491 g/mol. The predicted molar refractivity (Wildman–Crippen MR) is 140 cm³/mol. The van der Waals surface area contributed by atoms with Gasteiger partial charge in [0.1, 0.15) is 5.15 Å². The van der Waals surface area contributed by atoms with Crippen molar-refractivity contribution >= 4 is 40.9 Å². The second kappa shape index (κ2) is 9.53. The average Bonchev–Trinajstić information content (AvgIpc) is 3.13. The highest BCUT2D eigenvalue weighted by atomic mass is 35.5. The quantitative estimate of drug-likeness (QED) is 0.395. The molecule has 0 N–H and O–H groups in total. The van der Waals surface area contributed by atoms with Gasteiger partial charge in [-0.2, -0.15) is 0 Å². The number of aryl methyl sites for hydroxylation is 1. The number of hydrogen-bond acceptors (Lipinski definition) is 3. The Labute approximate surface area is 210 Å². The van der Waals surface area contributed by atoms with Gasteiger partial charge in [0.15, 0.2) is 0 Å². The van der Waals surface area contributed by atoms with Gasteiger partial charge in [0.05, 0.1) is 0 Å². The molecule has 3 aromatic rings. The maximum atomic E-state index is 13.6. The number of nitrogens with zero attached hydrogens (tertiary/aromatic N) is 3. The largest absolute Gasteiger partial charge is 0.307 e. The van der Waals surface area contributed by atoms with Crippen LogP contribution in [-0.4, -0.2) is 42.0 Å². The van der Waals surface area contributed by atoms with E-state index >= 15 is 0 Å². The molecule has 3 heterocycles. The minimum absolute atomic E-state index is 0.0407. The lowest BCUT2D eigenvalue weighted by Gasteiger charge is -2.39. The first-order valence-corrected chi connectivity index (χ1v) is 12.4. The molecule has 1 saturated heterocycles. The Morgan fingerprint density at radius 2 is 1.82 bits per heavy atom. The summed E-state index contributed by atoms with van der Waals surface area (Å²) in [6.45, 7) is 5.39. The van der Waals surface area contributed by atoms with Crippen molar-refractivity contribution in [1.29, 1.82) is 0 Å². The van der Waals surface area contributed by atoms with Crippen molar-refractivity contribution in [2.75, 3.05) is 31.1 Å². The van der Waals surface area contributed by atoms with Crippen LogP contribution < -0.4 is 4.90 Å². The van der Waals surface area contributed by atoms with E-state index in [1.807, 2.05) is 30.0 Å². The number of anilines is 1. The molecule has 1 amide bonds. The average molecular weight is 492 g/mol. The van der Waals surface area contributed by atoms with Crippen molar-refractivity contribution in [2.45, 2.75) is 25.2 Å². The minimum atomic E-state index is -0.0819. The summed E-state index contributed by atoms with van der Waals surface area (Å²) in [6, 6.07) is 19.7. The summed E-state index contributed by atoms with van der Waals surface area (Å²) < 4.78 is 0. The number of carbonyl (C=O) groups is 1. The first-order valence-electron chi connectivity index (χ1n) is 11.6. The van der Waals surface area contributed by atoms with E-state index in [1.54, 1.807) is 12.1 Å². The van der Waals surface area contributed by atoms with Gasteiger partial charge in [-0.05, 0) is 74.3 Å². The Bertz CT molecular complexity index is 1210. The molecule has 5 rings (SSSR count). The fourth-order valence-electron chi connectivity index (χ4n) is 5.22. The number of carbonyl (C=O) groups excluding carboxylic acids is 1. The summed E-state index contributed by atoms with van der Waals surface area (Å²) in [7, 11) is 0. The van der Waals surface area contributed by atoms with Gasteiger partial charge in [0, 0.05) is 40.5 Å². The van der Waals surface area contributed by atoms with Gasteiger partial charge in [-0.3, -0.25) is 9.69 Å². The van der Waals surface area contributed by atoms with E-state index < -0.39 is 0 Å². The second-order valence-corrected chi connectivity index (χ2v) is 10.1. The van der Waals surface area contributed by atoms with Crippen molar-refractivity contribution in [3.8, 4) is 0 Å². The van der Waals surface area contributed by atoms with Crippen LogP contribution in [0.3, 0.4) is 0 Å². The molecule has 34 heavy (non-hydrogen) atoms. The van der Waals surface area contributed by atoms with Gasteiger partial charge in [0.2, 0.25) is 0 Å². The number of amides is 1. The highest BCUT2D eigenvalue weighted by Crippen LogP contribution is 2.48. The number of likely N-dealkylation sites (tertiary alicyclic amines) is 1. The van der Waals surface area contributed by atoms with Crippen LogP contribution in [-0.2, 0) is 5.41 Å². The van der Waals surface area contributed by atoms with E-state index in [4.69, 9.17) is 23.2 Å². The second-order valence-electron chi connectivity index (χ2n) is 9.27. The fourth-order valence-corrected chi connectivity index (χ4v) is 5.65. The summed E-state index contributed by atoms with van der Waals surface area (Å²) in [5.41, 5.74) is 4.58. The van der Waals surface area contributed by atoms with Crippen LogP contribution in [0.15, 0.2) is 66.7 Å². The van der Waals surface area contributed by atoms with Gasteiger partial charge in [-0.15, -0.1) is 0 Å². The summed E-state index contributed by atoms with van der Waals surface area (Å²) >= 11 is 12.6. The number of halogens is 2. The minimum Gasteiger partial charge on any atom is -0.307 e. The van der Waals surface area contributed by atoms with Gasteiger partial charge in [0.25, 0.3) is 5.91 Å². The molecule has 2 aliphatic rings. The first-order chi connectivity index (χ1) is 16.4. The molecule has 1 fully saturated rings. The van der Waals surface area contributed by atoms with Crippen LogP contribution in [0.4, 0.5) is 5.69 Å². The van der Waals surface area contributed by atoms with Crippen LogP contribution in [0.2, 0.25) is 10.2 Å². The topological polar surface area (TPSA) is 36.4 Å². The molecule has 2 aromatic carbocycles. The van der Waals surface area contributed by atoms with E-state index in [0.29, 0.717) is 22.3 Å². The maximum absolute atomic E-state index is 13.6. The maximum Gasteiger partial charge on any atom is 0.258 e. The zero-order valence-electron chi connectivity index (χ0n) is 19.2. The molecule has 0 saturated carbocycles. The highest BCUT2D eigenvalue weighted by molar-refractivity contribution is 6.31. The van der Waals surface area contributed by atoms with E-state index in [0.717, 1.165) is 43.9 Å². The van der Waals surface area contributed by atoms with Gasteiger partial charge in [-0.1, -0.05) is 65.7 Å². The standard InChI is InChI=1S/C28H27Cl2N3O/c1-20-16-22(17-26(30)31-20)27(34)33-19-28(24-18-23(29)9-10-25(24)33)11-14-32(15-12-28)13-5-8-21-6-3-2-4-7-21/h2-10,16-18H,11-15,19H2,1H3. The van der Waals surface area contributed by atoms with E-state index in [-0.39, 0.29) is 11.3 Å². The molecule has 0 unspecified atom stereocenters. The number of rotatable bonds is 4. The zero-order chi connectivity index (χ0) is 23.7. The highest BCUT2D eigenvalue weighted by Gasteiger charge is 2.46. The van der Waals surface area contributed by atoms with E-state index in [2.05, 4.69) is 52.4 Å². The zero-order valence-corrected chi connectivity index (χ0v) is 20.7. The van der Waals surface area contributed by atoms with Crippen molar-refractivity contribution in [3.63, 3.8) is 0 Å². The molecule has 1 spiro atoms. The molecule has 0 aliphatic carbocycles. The van der Waals surface area contributed by atoms with Gasteiger partial charge < -0.3 is 4.90 Å². The third-order valence-corrected chi connectivity index (χ3v) is 7.41.